The number of aliphatic hydroxyl groups is 1. The lowest BCUT2D eigenvalue weighted by Gasteiger charge is -2.20. The molecule has 1 saturated heterocycles. The van der Waals surface area contributed by atoms with Gasteiger partial charge in [-0.1, -0.05) is 0 Å². The molecule has 3 N–H and O–H groups in total. The molecule has 0 aliphatic carbocycles. The maximum Gasteiger partial charge on any atom is 0.262 e. The molecule has 1 fully saturated rings. The second-order valence-corrected chi connectivity index (χ2v) is 9.23. The zero-order valence-electron chi connectivity index (χ0n) is 16.8. The molecule has 0 aromatic heterocycles. The van der Waals surface area contributed by atoms with Crippen LogP contribution in [-0.4, -0.2) is 58.0 Å². The summed E-state index contributed by atoms with van der Waals surface area (Å²) >= 11 is 0. The van der Waals surface area contributed by atoms with Crippen LogP contribution in [0.15, 0.2) is 47.4 Å². The van der Waals surface area contributed by atoms with Gasteiger partial charge in [-0.25, -0.2) is 8.42 Å². The Labute approximate surface area is 180 Å². The maximum atomic E-state index is 12.8. The van der Waals surface area contributed by atoms with Gasteiger partial charge in [0.2, 0.25) is 0 Å². The fraction of sp³-hybridized carbons (Fsp3) is 0.381. The van der Waals surface area contributed by atoms with Gasteiger partial charge in [0.1, 0.15) is 5.60 Å². The van der Waals surface area contributed by atoms with Gasteiger partial charge in [0.15, 0.2) is 11.5 Å². The molecule has 0 saturated carbocycles. The van der Waals surface area contributed by atoms with Crippen molar-refractivity contribution in [2.24, 2.45) is 0 Å². The number of amides is 1. The van der Waals surface area contributed by atoms with Crippen LogP contribution < -0.4 is 19.5 Å². The van der Waals surface area contributed by atoms with E-state index in [0.29, 0.717) is 49.0 Å². The van der Waals surface area contributed by atoms with Crippen molar-refractivity contribution in [3.63, 3.8) is 0 Å². The Morgan fingerprint density at radius 3 is 2.48 bits per heavy atom. The van der Waals surface area contributed by atoms with Gasteiger partial charge < -0.3 is 24.6 Å². The number of carbonyl (C=O) groups is 1. The minimum Gasteiger partial charge on any atom is -0.490 e. The number of carbonyl (C=O) groups excluding carboxylic acids is 1. The molecule has 166 valence electrons. The van der Waals surface area contributed by atoms with Crippen LogP contribution in [0.2, 0.25) is 0 Å². The molecule has 2 aromatic rings. The van der Waals surface area contributed by atoms with Gasteiger partial charge in [0.05, 0.1) is 24.7 Å². The van der Waals surface area contributed by atoms with Crippen molar-refractivity contribution in [1.82, 2.24) is 5.32 Å². The lowest BCUT2D eigenvalue weighted by molar-refractivity contribution is 0.0264. The van der Waals surface area contributed by atoms with Crippen molar-refractivity contribution >= 4 is 21.6 Å². The molecule has 2 aliphatic heterocycles. The van der Waals surface area contributed by atoms with Gasteiger partial charge in [-0.05, 0) is 36.4 Å². The molecule has 9 nitrogen and oxygen atoms in total. The summed E-state index contributed by atoms with van der Waals surface area (Å²) in [5.41, 5.74) is -0.388. The van der Waals surface area contributed by atoms with Gasteiger partial charge in [-0.2, -0.15) is 0 Å². The Morgan fingerprint density at radius 2 is 1.77 bits per heavy atom. The molecular weight excluding hydrogens is 424 g/mol. The molecule has 1 amide bonds. The average molecular weight is 448 g/mol. The van der Waals surface area contributed by atoms with Crippen molar-refractivity contribution in [2.45, 2.75) is 23.3 Å². The molecule has 4 rings (SSSR count). The smallest absolute Gasteiger partial charge is 0.262 e. The zero-order chi connectivity index (χ0) is 21.9. The second-order valence-electron chi connectivity index (χ2n) is 7.55. The van der Waals surface area contributed by atoms with Gasteiger partial charge in [-0.3, -0.25) is 9.52 Å². The SMILES string of the molecule is O=C(NCC1(O)CCOC1)c1ccc(NS(=O)(=O)c2ccc3c(c2)OCCCO3)cc1. The fourth-order valence-corrected chi connectivity index (χ4v) is 4.37. The summed E-state index contributed by atoms with van der Waals surface area (Å²) in [6, 6.07) is 10.5. The number of fused-ring (bicyclic) bond motifs is 1. The number of ether oxygens (including phenoxy) is 3. The van der Waals surface area contributed by atoms with Crippen molar-refractivity contribution in [3.05, 3.63) is 48.0 Å². The molecule has 2 aromatic carbocycles. The number of nitrogens with one attached hydrogen (secondary N) is 2. The molecule has 1 atom stereocenters. The van der Waals surface area contributed by atoms with Crippen LogP contribution in [0.25, 0.3) is 0 Å². The van der Waals surface area contributed by atoms with Gasteiger partial charge in [0.25, 0.3) is 15.9 Å². The van der Waals surface area contributed by atoms with Crippen LogP contribution in [0, 0.1) is 0 Å². The highest BCUT2D eigenvalue weighted by Crippen LogP contribution is 2.32. The Morgan fingerprint density at radius 1 is 1.03 bits per heavy atom. The Hall–Kier alpha value is -2.82. The van der Waals surface area contributed by atoms with Crippen molar-refractivity contribution in [1.29, 1.82) is 0 Å². The summed E-state index contributed by atoms with van der Waals surface area (Å²) in [7, 11) is -3.85. The fourth-order valence-electron chi connectivity index (χ4n) is 3.30. The summed E-state index contributed by atoms with van der Waals surface area (Å²) in [6.45, 7) is 1.71. The average Bonchev–Trinajstić information content (AvgIpc) is 3.05. The topological polar surface area (TPSA) is 123 Å². The van der Waals surface area contributed by atoms with Gasteiger partial charge >= 0.3 is 0 Å². The first-order valence-corrected chi connectivity index (χ1v) is 11.4. The van der Waals surface area contributed by atoms with E-state index in [1.165, 1.54) is 36.4 Å². The predicted octanol–water partition coefficient (Wildman–Crippen LogP) is 1.53. The summed E-state index contributed by atoms with van der Waals surface area (Å²) in [5.74, 6) is 0.542. The van der Waals surface area contributed by atoms with E-state index in [4.69, 9.17) is 14.2 Å². The molecule has 1 unspecified atom stereocenters. The summed E-state index contributed by atoms with van der Waals surface area (Å²) in [5, 5.41) is 12.9. The minimum atomic E-state index is -3.85. The summed E-state index contributed by atoms with van der Waals surface area (Å²) in [6.07, 6.45) is 1.19. The summed E-state index contributed by atoms with van der Waals surface area (Å²) in [4.78, 5) is 12.3. The van der Waals surface area contributed by atoms with Crippen LogP contribution in [-0.2, 0) is 14.8 Å². The van der Waals surface area contributed by atoms with Crippen molar-refractivity contribution in [3.8, 4) is 11.5 Å². The van der Waals surface area contributed by atoms with Crippen LogP contribution in [0.1, 0.15) is 23.2 Å². The Kier molecular flexibility index (Phi) is 6.03. The third-order valence-corrected chi connectivity index (χ3v) is 6.47. The van der Waals surface area contributed by atoms with E-state index in [-0.39, 0.29) is 24.0 Å². The van der Waals surface area contributed by atoms with Crippen LogP contribution in [0.3, 0.4) is 0 Å². The standard InChI is InChI=1S/C21H24N2O7S/c24-20(22-13-21(25)8-11-28-14-21)15-2-4-16(5-3-15)23-31(26,27)17-6-7-18-19(12-17)30-10-1-9-29-18/h2-7,12,23,25H,1,8-11,13-14H2,(H,22,24). The number of sulfonamides is 1. The summed E-state index contributed by atoms with van der Waals surface area (Å²) < 4.78 is 44.2. The molecular formula is C21H24N2O7S. The number of hydrogen-bond donors (Lipinski definition) is 3. The number of hydrogen-bond acceptors (Lipinski definition) is 7. The van der Waals surface area contributed by atoms with E-state index in [2.05, 4.69) is 10.0 Å². The lowest BCUT2D eigenvalue weighted by Crippen LogP contribution is -2.43. The largest absolute Gasteiger partial charge is 0.490 e. The number of benzene rings is 2. The van der Waals surface area contributed by atoms with E-state index >= 15 is 0 Å². The maximum absolute atomic E-state index is 12.8. The monoisotopic (exact) mass is 448 g/mol. The molecule has 0 bridgehead atoms. The number of anilines is 1. The Balaban J connectivity index is 1.41. The highest BCUT2D eigenvalue weighted by Gasteiger charge is 2.32. The Bertz CT molecular complexity index is 1050. The molecule has 31 heavy (non-hydrogen) atoms. The van der Waals surface area contributed by atoms with Gasteiger partial charge in [0, 0.05) is 43.3 Å². The first-order chi connectivity index (χ1) is 14.8. The van der Waals surface area contributed by atoms with E-state index < -0.39 is 15.6 Å². The van der Waals surface area contributed by atoms with Crippen molar-refractivity contribution < 1.29 is 32.5 Å². The van der Waals surface area contributed by atoms with Crippen LogP contribution in [0.4, 0.5) is 5.69 Å². The van der Waals surface area contributed by atoms with Crippen LogP contribution >= 0.6 is 0 Å². The molecule has 0 radical (unpaired) electrons. The first-order valence-electron chi connectivity index (χ1n) is 9.96. The third kappa shape index (κ3) is 5.09. The van der Waals surface area contributed by atoms with Crippen molar-refractivity contribution in [2.75, 3.05) is 37.7 Å². The minimum absolute atomic E-state index is 0.0468. The van der Waals surface area contributed by atoms with E-state index in [1.54, 1.807) is 6.07 Å². The van der Waals surface area contributed by atoms with E-state index in [9.17, 15) is 18.3 Å². The highest BCUT2D eigenvalue weighted by atomic mass is 32.2. The quantitative estimate of drug-likeness (QED) is 0.612. The normalized spacial score (nSPS) is 20.7. The lowest BCUT2D eigenvalue weighted by atomic mass is 10.0. The zero-order valence-corrected chi connectivity index (χ0v) is 17.6. The molecule has 0 spiro atoms. The molecule has 2 heterocycles. The first kappa shape index (κ1) is 21.4. The van der Waals surface area contributed by atoms with Gasteiger partial charge in [-0.15, -0.1) is 0 Å². The molecule has 10 heteroatoms. The predicted molar refractivity (Wildman–Crippen MR) is 112 cm³/mol. The van der Waals surface area contributed by atoms with E-state index in [0.717, 1.165) is 6.42 Å². The van der Waals surface area contributed by atoms with Crippen LogP contribution in [0.5, 0.6) is 11.5 Å². The third-order valence-electron chi connectivity index (χ3n) is 5.09. The molecule has 2 aliphatic rings. The highest BCUT2D eigenvalue weighted by molar-refractivity contribution is 7.92. The second kappa shape index (κ2) is 8.74. The van der Waals surface area contributed by atoms with E-state index in [1.807, 2.05) is 0 Å². The number of rotatable bonds is 6.